The maximum atomic E-state index is 14.7. The van der Waals surface area contributed by atoms with Crippen molar-refractivity contribution in [2.24, 2.45) is 5.92 Å². The van der Waals surface area contributed by atoms with E-state index in [1.807, 2.05) is 107 Å². The van der Waals surface area contributed by atoms with E-state index in [4.69, 9.17) is 23.5 Å². The number of esters is 1. The first-order valence-corrected chi connectivity index (χ1v) is 21.0. The van der Waals surface area contributed by atoms with Crippen LogP contribution in [-0.2, 0) is 32.6 Å². The van der Waals surface area contributed by atoms with Crippen molar-refractivity contribution in [3.05, 3.63) is 130 Å². The van der Waals surface area contributed by atoms with E-state index in [1.165, 1.54) is 10.6 Å². The second-order valence-corrected chi connectivity index (χ2v) is 17.3. The van der Waals surface area contributed by atoms with Crippen molar-refractivity contribution in [3.63, 3.8) is 0 Å². The van der Waals surface area contributed by atoms with Crippen molar-refractivity contribution in [1.29, 1.82) is 0 Å². The van der Waals surface area contributed by atoms with Gasteiger partial charge in [0.05, 0.1) is 6.54 Å². The van der Waals surface area contributed by atoms with Crippen LogP contribution in [0.3, 0.4) is 0 Å². The molecular weight excluding hydrogens is 749 g/mol. The molecule has 11 heteroatoms. The summed E-state index contributed by atoms with van der Waals surface area (Å²) < 4.78 is 30.6. The highest BCUT2D eigenvalue weighted by molar-refractivity contribution is 6.01. The van der Waals surface area contributed by atoms with Gasteiger partial charge in [-0.2, -0.15) is 0 Å². The van der Waals surface area contributed by atoms with Crippen molar-refractivity contribution in [2.75, 3.05) is 13.1 Å². The lowest BCUT2D eigenvalue weighted by Crippen LogP contribution is -2.53. The van der Waals surface area contributed by atoms with Crippen LogP contribution in [0.1, 0.15) is 110 Å². The molecule has 4 aromatic carbocycles. The number of carbonyl (C=O) groups is 3. The van der Waals surface area contributed by atoms with Crippen LogP contribution in [0, 0.1) is 19.8 Å². The SMILES string of the molecule is Cc1c(C(=O)N(O[SiH3])[C@@H]2CN(C(=O)OC(C)(C)C)CCC[C@H]2OC(=O)c2ccc(OCc3ccccc3)cc2OCc2ccccc2)ccc(C(C)(C)C(C)C)c1C. The molecule has 2 atom stereocenters. The summed E-state index contributed by atoms with van der Waals surface area (Å²) in [5, 5.41) is 1.31. The summed E-state index contributed by atoms with van der Waals surface area (Å²) >= 11 is 0. The van der Waals surface area contributed by atoms with E-state index in [0.29, 0.717) is 49.0 Å². The van der Waals surface area contributed by atoms with Crippen LogP contribution in [0.5, 0.6) is 11.5 Å². The lowest BCUT2D eigenvalue weighted by molar-refractivity contribution is -0.0992. The molecule has 0 bridgehead atoms. The minimum Gasteiger partial charge on any atom is -0.489 e. The van der Waals surface area contributed by atoms with E-state index in [0.717, 1.165) is 22.3 Å². The van der Waals surface area contributed by atoms with Crippen LogP contribution in [0.4, 0.5) is 4.79 Å². The summed E-state index contributed by atoms with van der Waals surface area (Å²) in [4.78, 5) is 44.1. The Morgan fingerprint density at radius 2 is 1.41 bits per heavy atom. The molecule has 2 amide bonds. The van der Waals surface area contributed by atoms with Crippen LogP contribution < -0.4 is 9.47 Å². The number of rotatable bonds is 13. The Kier molecular flexibility index (Phi) is 14.5. The van der Waals surface area contributed by atoms with Gasteiger partial charge >= 0.3 is 12.1 Å². The van der Waals surface area contributed by atoms with Gasteiger partial charge in [-0.3, -0.25) is 4.79 Å². The normalized spacial score (nSPS) is 16.1. The zero-order chi connectivity index (χ0) is 42.2. The molecule has 1 aliphatic rings. The van der Waals surface area contributed by atoms with Crippen molar-refractivity contribution in [1.82, 2.24) is 9.96 Å². The molecule has 1 fully saturated rings. The lowest BCUT2D eigenvalue weighted by Gasteiger charge is -2.37. The van der Waals surface area contributed by atoms with Crippen molar-refractivity contribution >= 4 is 28.5 Å². The van der Waals surface area contributed by atoms with Crippen LogP contribution >= 0.6 is 0 Å². The Hall–Kier alpha value is -5.13. The molecule has 0 aliphatic carbocycles. The molecule has 0 N–H and O–H groups in total. The largest absolute Gasteiger partial charge is 0.489 e. The standard InChI is InChI=1S/C47H60N2O8Si/c1-31(2)47(8,9)39-25-24-37(32(3)33(39)4)43(50)49(57-58)40-28-48(45(52)56-46(5,6)7)26-16-21-41(40)55-44(51)38-23-22-36(53-29-34-17-12-10-13-18-34)27-42(38)54-30-35-19-14-11-15-20-35/h10-15,17-20,22-25,27,31,40-41H,16,21,26,28-30H2,1-9,58H3/t40-,41-/m1/s1. The topological polar surface area (TPSA) is 104 Å². The van der Waals surface area contributed by atoms with Gasteiger partial charge in [0.1, 0.15) is 48.0 Å². The Labute approximate surface area is 347 Å². The molecule has 4 aromatic rings. The highest BCUT2D eigenvalue weighted by Gasteiger charge is 2.41. The van der Waals surface area contributed by atoms with Gasteiger partial charge in [-0.05, 0) is 105 Å². The van der Waals surface area contributed by atoms with Gasteiger partial charge in [0, 0.05) is 18.2 Å². The monoisotopic (exact) mass is 808 g/mol. The van der Waals surface area contributed by atoms with Crippen molar-refractivity contribution in [2.45, 2.75) is 112 Å². The number of nitrogens with zero attached hydrogens (tertiary/aromatic N) is 2. The zero-order valence-electron chi connectivity index (χ0n) is 35.8. The average Bonchev–Trinajstić information content (AvgIpc) is 3.40. The van der Waals surface area contributed by atoms with E-state index < -0.39 is 29.8 Å². The molecule has 0 aromatic heterocycles. The Balaban J connectivity index is 1.48. The van der Waals surface area contributed by atoms with Gasteiger partial charge in [-0.25, -0.2) is 14.7 Å². The number of ether oxygens (including phenoxy) is 4. The molecule has 1 heterocycles. The minimum absolute atomic E-state index is 0.0287. The third-order valence-corrected chi connectivity index (χ3v) is 11.6. The quantitative estimate of drug-likeness (QED) is 0.0752. The van der Waals surface area contributed by atoms with Gasteiger partial charge in [0.25, 0.3) is 5.91 Å². The summed E-state index contributed by atoms with van der Waals surface area (Å²) in [6.07, 6.45) is -0.491. The molecule has 0 saturated carbocycles. The molecule has 58 heavy (non-hydrogen) atoms. The molecule has 5 rings (SSSR count). The molecular formula is C47H60N2O8Si. The highest BCUT2D eigenvalue weighted by atomic mass is 28.2. The Morgan fingerprint density at radius 3 is 2.00 bits per heavy atom. The average molecular weight is 809 g/mol. The molecule has 0 unspecified atom stereocenters. The highest BCUT2D eigenvalue weighted by Crippen LogP contribution is 2.36. The zero-order valence-corrected chi connectivity index (χ0v) is 37.8. The summed E-state index contributed by atoms with van der Waals surface area (Å²) in [5.41, 5.74) is 4.82. The first-order chi connectivity index (χ1) is 27.5. The summed E-state index contributed by atoms with van der Waals surface area (Å²) in [6.45, 7) is 19.2. The summed E-state index contributed by atoms with van der Waals surface area (Å²) in [7, 11) is 0.160. The maximum Gasteiger partial charge on any atom is 0.410 e. The summed E-state index contributed by atoms with van der Waals surface area (Å²) in [6, 6.07) is 27.6. The van der Waals surface area contributed by atoms with E-state index in [-0.39, 0.29) is 40.5 Å². The van der Waals surface area contributed by atoms with Gasteiger partial charge in [0.2, 0.25) is 0 Å². The van der Waals surface area contributed by atoms with Gasteiger partial charge < -0.3 is 28.4 Å². The van der Waals surface area contributed by atoms with Crippen LogP contribution in [0.2, 0.25) is 0 Å². The van der Waals surface area contributed by atoms with E-state index >= 15 is 0 Å². The Bertz CT molecular complexity index is 2030. The van der Waals surface area contributed by atoms with E-state index in [9.17, 15) is 14.4 Å². The number of likely N-dealkylation sites (tertiary alicyclic amines) is 1. The lowest BCUT2D eigenvalue weighted by atomic mass is 9.72. The van der Waals surface area contributed by atoms with Crippen molar-refractivity contribution < 1.29 is 37.9 Å². The number of benzene rings is 4. The predicted octanol–water partition coefficient (Wildman–Crippen LogP) is 8.67. The number of hydrogen-bond donors (Lipinski definition) is 0. The smallest absolute Gasteiger partial charge is 0.410 e. The number of hydrogen-bond acceptors (Lipinski definition) is 8. The van der Waals surface area contributed by atoms with Crippen molar-refractivity contribution in [3.8, 4) is 11.5 Å². The molecule has 10 nitrogen and oxygen atoms in total. The van der Waals surface area contributed by atoms with E-state index in [2.05, 4.69) is 27.7 Å². The third kappa shape index (κ3) is 10.9. The fourth-order valence-corrected chi connectivity index (χ4v) is 7.51. The fraction of sp³-hybridized carbons (Fsp3) is 0.426. The number of hydroxylamine groups is 2. The number of amides is 2. The molecule has 0 radical (unpaired) electrons. The molecule has 1 aliphatic heterocycles. The fourth-order valence-electron chi connectivity index (χ4n) is 7.07. The van der Waals surface area contributed by atoms with E-state index in [1.54, 1.807) is 23.1 Å². The van der Waals surface area contributed by atoms with Gasteiger partial charge in [-0.1, -0.05) is 94.4 Å². The van der Waals surface area contributed by atoms with Gasteiger partial charge in [-0.15, -0.1) is 0 Å². The third-order valence-electron chi connectivity index (χ3n) is 11.2. The molecule has 1 saturated heterocycles. The first-order valence-electron chi connectivity index (χ1n) is 20.1. The first kappa shape index (κ1) is 44.0. The second-order valence-electron chi connectivity index (χ2n) is 16.9. The minimum atomic E-state index is -0.849. The van der Waals surface area contributed by atoms with Crippen LogP contribution in [0.15, 0.2) is 91.0 Å². The van der Waals surface area contributed by atoms with Crippen LogP contribution in [0.25, 0.3) is 0 Å². The van der Waals surface area contributed by atoms with Crippen LogP contribution in [-0.4, -0.2) is 69.3 Å². The summed E-state index contributed by atoms with van der Waals surface area (Å²) in [5.74, 6) is 0.192. The molecule has 0 spiro atoms. The number of carbonyl (C=O) groups excluding carboxylic acids is 3. The Morgan fingerprint density at radius 1 is 0.810 bits per heavy atom. The molecule has 310 valence electrons. The van der Waals surface area contributed by atoms with Gasteiger partial charge in [0.15, 0.2) is 10.5 Å². The second kappa shape index (κ2) is 19.1. The predicted molar refractivity (Wildman–Crippen MR) is 229 cm³/mol. The maximum absolute atomic E-state index is 14.7.